The highest BCUT2D eigenvalue weighted by Crippen LogP contribution is 2.32. The van der Waals surface area contributed by atoms with Crippen LogP contribution >= 0.6 is 0 Å². The Kier molecular flexibility index (Phi) is 5.90. The molecule has 1 unspecified atom stereocenters. The minimum atomic E-state index is -3.65. The number of nitrogens with one attached hydrogen (secondary N) is 1. The van der Waals surface area contributed by atoms with Crippen LogP contribution in [0, 0.1) is 0 Å². The van der Waals surface area contributed by atoms with Crippen molar-refractivity contribution in [1.82, 2.24) is 4.31 Å². The predicted molar refractivity (Wildman–Crippen MR) is 106 cm³/mol. The molecule has 1 aliphatic heterocycles. The summed E-state index contributed by atoms with van der Waals surface area (Å²) in [6.45, 7) is 4.28. The molecule has 1 heterocycles. The number of hydrogen-bond donors (Lipinski definition) is 1. The number of para-hydroxylation sites is 1. The number of nitrogens with zero attached hydrogens (tertiary/aromatic N) is 1. The normalized spacial score (nSPS) is 15.8. The number of sulfonamides is 1. The van der Waals surface area contributed by atoms with E-state index in [2.05, 4.69) is 5.32 Å². The molecule has 0 spiro atoms. The highest BCUT2D eigenvalue weighted by molar-refractivity contribution is 7.89. The van der Waals surface area contributed by atoms with Gasteiger partial charge >= 0.3 is 0 Å². The second-order valence-electron chi connectivity index (χ2n) is 6.36. The molecule has 0 aliphatic carbocycles. The minimum Gasteiger partial charge on any atom is -0.495 e. The van der Waals surface area contributed by atoms with E-state index in [0.29, 0.717) is 36.7 Å². The smallest absolute Gasteiger partial charge is 0.265 e. The fourth-order valence-electron chi connectivity index (χ4n) is 3.20. The topological polar surface area (TPSA) is 84.9 Å². The lowest BCUT2D eigenvalue weighted by Gasteiger charge is -2.20. The molecule has 1 aliphatic rings. The van der Waals surface area contributed by atoms with Gasteiger partial charge in [-0.1, -0.05) is 32.0 Å². The Morgan fingerprint density at radius 1 is 1.21 bits per heavy atom. The zero-order chi connectivity index (χ0) is 20.3. The average Bonchev–Trinajstić information content (AvgIpc) is 3.13. The number of amides is 1. The maximum absolute atomic E-state index is 12.8. The van der Waals surface area contributed by atoms with Gasteiger partial charge in [-0.05, 0) is 29.8 Å². The van der Waals surface area contributed by atoms with E-state index in [1.54, 1.807) is 13.8 Å². The molecule has 1 atom stereocenters. The van der Waals surface area contributed by atoms with Gasteiger partial charge in [0, 0.05) is 19.5 Å². The van der Waals surface area contributed by atoms with Gasteiger partial charge in [-0.2, -0.15) is 4.31 Å². The Bertz CT molecular complexity index is 945. The number of anilines is 1. The third kappa shape index (κ3) is 3.83. The molecule has 8 heteroatoms. The van der Waals surface area contributed by atoms with Gasteiger partial charge in [0.2, 0.25) is 10.0 Å². The van der Waals surface area contributed by atoms with Gasteiger partial charge in [-0.3, -0.25) is 4.79 Å². The second kappa shape index (κ2) is 8.20. The lowest BCUT2D eigenvalue weighted by molar-refractivity contribution is -0.122. The van der Waals surface area contributed by atoms with Gasteiger partial charge < -0.3 is 14.8 Å². The van der Waals surface area contributed by atoms with Crippen LogP contribution in [0.2, 0.25) is 0 Å². The van der Waals surface area contributed by atoms with Crippen LogP contribution in [0.25, 0.3) is 0 Å². The highest BCUT2D eigenvalue weighted by atomic mass is 32.2. The molecule has 28 heavy (non-hydrogen) atoms. The Morgan fingerprint density at radius 3 is 2.57 bits per heavy atom. The van der Waals surface area contributed by atoms with Crippen molar-refractivity contribution in [2.75, 3.05) is 25.5 Å². The van der Waals surface area contributed by atoms with Crippen LogP contribution in [0.15, 0.2) is 47.4 Å². The van der Waals surface area contributed by atoms with E-state index in [-0.39, 0.29) is 10.8 Å². The maximum Gasteiger partial charge on any atom is 0.265 e. The summed E-state index contributed by atoms with van der Waals surface area (Å²) in [7, 11) is -2.19. The molecule has 0 saturated heterocycles. The molecule has 7 nitrogen and oxygen atoms in total. The van der Waals surface area contributed by atoms with Crippen LogP contribution < -0.4 is 14.8 Å². The van der Waals surface area contributed by atoms with E-state index in [4.69, 9.17) is 9.47 Å². The van der Waals surface area contributed by atoms with Crippen molar-refractivity contribution >= 4 is 21.6 Å². The molecule has 0 saturated carbocycles. The van der Waals surface area contributed by atoms with Crippen molar-refractivity contribution in [1.29, 1.82) is 0 Å². The number of fused-ring (bicyclic) bond motifs is 1. The largest absolute Gasteiger partial charge is 0.495 e. The summed E-state index contributed by atoms with van der Waals surface area (Å²) in [6, 6.07) is 11.9. The zero-order valence-electron chi connectivity index (χ0n) is 16.1. The van der Waals surface area contributed by atoms with Crippen LogP contribution in [0.1, 0.15) is 19.4 Å². The number of rotatable bonds is 7. The first-order valence-electron chi connectivity index (χ1n) is 9.14. The van der Waals surface area contributed by atoms with Gasteiger partial charge in [0.15, 0.2) is 6.10 Å². The Balaban J connectivity index is 1.84. The maximum atomic E-state index is 12.8. The van der Waals surface area contributed by atoms with Crippen LogP contribution in [0.4, 0.5) is 5.69 Å². The molecule has 0 radical (unpaired) electrons. The second-order valence-corrected chi connectivity index (χ2v) is 8.30. The number of ether oxygens (including phenoxy) is 2. The number of hydrogen-bond acceptors (Lipinski definition) is 5. The van der Waals surface area contributed by atoms with Crippen LogP contribution in [-0.4, -0.2) is 44.9 Å². The predicted octanol–water partition coefficient (Wildman–Crippen LogP) is 2.67. The quantitative estimate of drug-likeness (QED) is 0.767. The summed E-state index contributed by atoms with van der Waals surface area (Å²) in [6.07, 6.45) is -0.216. The number of carbonyl (C=O) groups excluding carboxylic acids is 1. The summed E-state index contributed by atoms with van der Waals surface area (Å²) in [4.78, 5) is 12.8. The Morgan fingerprint density at radius 2 is 1.93 bits per heavy atom. The third-order valence-electron chi connectivity index (χ3n) is 4.71. The molecular weight excluding hydrogens is 380 g/mol. The average molecular weight is 404 g/mol. The molecule has 2 aromatic rings. The SMILES string of the molecule is CCN(CC)S(=O)(=O)c1ccc(OC)c(NC(=O)C2Cc3ccccc3O2)c1. The molecule has 2 aromatic carbocycles. The molecule has 1 N–H and O–H groups in total. The van der Waals surface area contributed by atoms with Gasteiger partial charge in [0.1, 0.15) is 11.5 Å². The van der Waals surface area contributed by atoms with Crippen molar-refractivity contribution in [3.8, 4) is 11.5 Å². The summed E-state index contributed by atoms with van der Waals surface area (Å²) in [5.41, 5.74) is 1.26. The minimum absolute atomic E-state index is 0.0999. The first kappa shape index (κ1) is 20.2. The van der Waals surface area contributed by atoms with E-state index in [1.807, 2.05) is 24.3 Å². The Hall–Kier alpha value is -2.58. The summed E-state index contributed by atoms with van der Waals surface area (Å²) in [5.74, 6) is 0.710. The molecule has 150 valence electrons. The Labute approximate surface area is 165 Å². The summed E-state index contributed by atoms with van der Waals surface area (Å²) >= 11 is 0. The molecule has 0 bridgehead atoms. The van der Waals surface area contributed by atoms with E-state index in [0.717, 1.165) is 5.56 Å². The van der Waals surface area contributed by atoms with E-state index >= 15 is 0 Å². The van der Waals surface area contributed by atoms with Gasteiger partial charge in [-0.15, -0.1) is 0 Å². The van der Waals surface area contributed by atoms with Crippen LogP contribution in [-0.2, 0) is 21.2 Å². The fraction of sp³-hybridized carbons (Fsp3) is 0.350. The van der Waals surface area contributed by atoms with Crippen molar-refractivity contribution in [3.05, 3.63) is 48.0 Å². The number of carbonyl (C=O) groups is 1. The number of methoxy groups -OCH3 is 1. The zero-order valence-corrected chi connectivity index (χ0v) is 17.0. The monoisotopic (exact) mass is 404 g/mol. The van der Waals surface area contributed by atoms with Crippen molar-refractivity contribution in [3.63, 3.8) is 0 Å². The lowest BCUT2D eigenvalue weighted by atomic mass is 10.1. The highest BCUT2D eigenvalue weighted by Gasteiger charge is 2.30. The van der Waals surface area contributed by atoms with Gasteiger partial charge in [0.05, 0.1) is 17.7 Å². The van der Waals surface area contributed by atoms with Gasteiger partial charge in [-0.25, -0.2) is 8.42 Å². The van der Waals surface area contributed by atoms with Crippen LogP contribution in [0.5, 0.6) is 11.5 Å². The van der Waals surface area contributed by atoms with Crippen molar-refractivity contribution in [2.24, 2.45) is 0 Å². The van der Waals surface area contributed by atoms with E-state index in [9.17, 15) is 13.2 Å². The first-order valence-corrected chi connectivity index (χ1v) is 10.6. The first-order chi connectivity index (χ1) is 13.4. The van der Waals surface area contributed by atoms with Crippen molar-refractivity contribution in [2.45, 2.75) is 31.3 Å². The summed E-state index contributed by atoms with van der Waals surface area (Å²) in [5, 5.41) is 2.75. The van der Waals surface area contributed by atoms with E-state index in [1.165, 1.54) is 29.6 Å². The molecule has 3 rings (SSSR count). The van der Waals surface area contributed by atoms with Gasteiger partial charge in [0.25, 0.3) is 5.91 Å². The molecule has 1 amide bonds. The molecular formula is C20H24N2O5S. The molecule has 0 aromatic heterocycles. The third-order valence-corrected chi connectivity index (χ3v) is 6.76. The van der Waals surface area contributed by atoms with Crippen LogP contribution in [0.3, 0.4) is 0 Å². The lowest BCUT2D eigenvalue weighted by Crippen LogP contribution is -2.32. The molecule has 0 fully saturated rings. The van der Waals surface area contributed by atoms with E-state index < -0.39 is 16.1 Å². The van der Waals surface area contributed by atoms with Crippen molar-refractivity contribution < 1.29 is 22.7 Å². The number of benzene rings is 2. The fourth-order valence-corrected chi connectivity index (χ4v) is 4.68. The standard InChI is InChI=1S/C20H24N2O5S/c1-4-22(5-2)28(24,25)15-10-11-18(26-3)16(13-15)21-20(23)19-12-14-8-6-7-9-17(14)27-19/h6-11,13,19H,4-5,12H2,1-3H3,(H,21,23). The summed E-state index contributed by atoms with van der Waals surface area (Å²) < 4.78 is 37.9.